The highest BCUT2D eigenvalue weighted by Gasteiger charge is 2.15. The van der Waals surface area contributed by atoms with Crippen molar-refractivity contribution in [3.8, 4) is 22.8 Å². The van der Waals surface area contributed by atoms with Gasteiger partial charge in [0.05, 0.1) is 20.4 Å². The van der Waals surface area contributed by atoms with Crippen molar-refractivity contribution in [1.29, 1.82) is 0 Å². The van der Waals surface area contributed by atoms with E-state index in [1.54, 1.807) is 20.4 Å². The third-order valence-electron chi connectivity index (χ3n) is 5.88. The van der Waals surface area contributed by atoms with Crippen molar-refractivity contribution in [2.45, 2.75) is 25.7 Å². The minimum atomic E-state index is -0.0650. The van der Waals surface area contributed by atoms with E-state index in [1.807, 2.05) is 30.3 Å². The number of aromatic nitrogens is 2. The summed E-state index contributed by atoms with van der Waals surface area (Å²) in [6.45, 7) is 5.73. The number of allylic oxidation sites excluding steroid dienone is 1. The van der Waals surface area contributed by atoms with Crippen molar-refractivity contribution in [2.75, 3.05) is 37.5 Å². The van der Waals surface area contributed by atoms with Crippen LogP contribution in [-0.2, 0) is 11.2 Å². The molecule has 7 nitrogen and oxygen atoms in total. The summed E-state index contributed by atoms with van der Waals surface area (Å²) in [7, 11) is 3.18. The van der Waals surface area contributed by atoms with Gasteiger partial charge in [0.15, 0.2) is 11.5 Å². The summed E-state index contributed by atoms with van der Waals surface area (Å²) in [6, 6.07) is 13.9. The highest BCUT2D eigenvalue weighted by molar-refractivity contribution is 5.91. The van der Waals surface area contributed by atoms with Gasteiger partial charge in [-0.1, -0.05) is 12.6 Å². The van der Waals surface area contributed by atoms with Gasteiger partial charge in [-0.15, -0.1) is 0 Å². The van der Waals surface area contributed by atoms with Gasteiger partial charge in [0.1, 0.15) is 11.4 Å². The molecule has 176 valence electrons. The van der Waals surface area contributed by atoms with Crippen molar-refractivity contribution in [2.24, 2.45) is 0 Å². The molecule has 1 aliphatic rings. The first kappa shape index (κ1) is 23.3. The maximum absolute atomic E-state index is 11.9. The van der Waals surface area contributed by atoms with E-state index in [2.05, 4.69) is 33.9 Å². The molecule has 0 saturated carbocycles. The van der Waals surface area contributed by atoms with E-state index >= 15 is 0 Å². The molecule has 4 rings (SSSR count). The molecule has 0 atom stereocenters. The van der Waals surface area contributed by atoms with Crippen LogP contribution >= 0.6 is 0 Å². The van der Waals surface area contributed by atoms with Crippen LogP contribution in [-0.4, -0.2) is 43.1 Å². The maximum atomic E-state index is 11.9. The van der Waals surface area contributed by atoms with Crippen molar-refractivity contribution in [1.82, 2.24) is 9.97 Å². The lowest BCUT2D eigenvalue weighted by Crippen LogP contribution is -2.29. The van der Waals surface area contributed by atoms with E-state index in [-0.39, 0.29) is 12.2 Å². The average molecular weight is 459 g/mol. The molecule has 1 fully saturated rings. The van der Waals surface area contributed by atoms with E-state index in [1.165, 1.54) is 31.0 Å². The number of piperidine rings is 1. The highest BCUT2D eigenvalue weighted by atomic mass is 16.5. The van der Waals surface area contributed by atoms with E-state index in [4.69, 9.17) is 14.5 Å². The van der Waals surface area contributed by atoms with Crippen LogP contribution in [0.15, 0.2) is 61.3 Å². The lowest BCUT2D eigenvalue weighted by Gasteiger charge is -2.29. The van der Waals surface area contributed by atoms with Crippen LogP contribution < -0.4 is 19.7 Å². The zero-order valence-corrected chi connectivity index (χ0v) is 19.7. The second kappa shape index (κ2) is 10.8. The molecule has 1 aromatic heterocycles. The molecular weight excluding hydrogens is 428 g/mol. The molecule has 0 radical (unpaired) electrons. The summed E-state index contributed by atoms with van der Waals surface area (Å²) >= 11 is 0. The van der Waals surface area contributed by atoms with Crippen LogP contribution in [0, 0.1) is 0 Å². The summed E-state index contributed by atoms with van der Waals surface area (Å²) in [5, 5.41) is 3.33. The van der Waals surface area contributed by atoms with Crippen LogP contribution in [0.3, 0.4) is 0 Å². The fraction of sp³-hybridized carbons (Fsp3) is 0.296. The van der Waals surface area contributed by atoms with Crippen LogP contribution in [0.5, 0.6) is 11.5 Å². The minimum absolute atomic E-state index is 0.0650. The zero-order valence-electron chi connectivity index (χ0n) is 19.7. The molecule has 34 heavy (non-hydrogen) atoms. The van der Waals surface area contributed by atoms with Gasteiger partial charge in [-0.2, -0.15) is 0 Å². The molecule has 0 amide bonds. The number of carbonyl (C=O) groups is 1. The van der Waals surface area contributed by atoms with Crippen LogP contribution in [0.25, 0.3) is 11.3 Å². The molecule has 0 aliphatic carbocycles. The smallest absolute Gasteiger partial charge is 0.227 e. The first-order chi connectivity index (χ1) is 16.6. The quantitative estimate of drug-likeness (QED) is 0.442. The Balaban J connectivity index is 1.65. The number of anilines is 3. The number of benzene rings is 2. The third kappa shape index (κ3) is 5.54. The van der Waals surface area contributed by atoms with E-state index < -0.39 is 0 Å². The second-order valence-corrected chi connectivity index (χ2v) is 8.25. The van der Waals surface area contributed by atoms with Gasteiger partial charge in [-0.05, 0) is 67.3 Å². The van der Waals surface area contributed by atoms with Crippen molar-refractivity contribution in [3.05, 3.63) is 66.9 Å². The summed E-state index contributed by atoms with van der Waals surface area (Å²) < 4.78 is 11.0. The lowest BCUT2D eigenvalue weighted by molar-refractivity contribution is -0.114. The van der Waals surface area contributed by atoms with Gasteiger partial charge in [0.2, 0.25) is 5.95 Å². The van der Waals surface area contributed by atoms with Gasteiger partial charge >= 0.3 is 0 Å². The maximum Gasteiger partial charge on any atom is 0.227 e. The van der Waals surface area contributed by atoms with Crippen LogP contribution in [0.4, 0.5) is 17.3 Å². The van der Waals surface area contributed by atoms with Crippen molar-refractivity contribution < 1.29 is 14.3 Å². The summed E-state index contributed by atoms with van der Waals surface area (Å²) in [5.74, 6) is 1.55. The molecule has 3 aromatic rings. The van der Waals surface area contributed by atoms with E-state index in [9.17, 15) is 4.79 Å². The number of methoxy groups -OCH3 is 2. The third-order valence-corrected chi connectivity index (χ3v) is 5.88. The topological polar surface area (TPSA) is 76.6 Å². The van der Waals surface area contributed by atoms with Gasteiger partial charge < -0.3 is 19.7 Å². The van der Waals surface area contributed by atoms with Gasteiger partial charge in [-0.25, -0.2) is 9.97 Å². The number of ketones is 1. The molecule has 1 saturated heterocycles. The fourth-order valence-corrected chi connectivity index (χ4v) is 4.14. The second-order valence-electron chi connectivity index (χ2n) is 8.25. The van der Waals surface area contributed by atoms with Gasteiger partial charge in [0.25, 0.3) is 0 Å². The van der Waals surface area contributed by atoms with Gasteiger partial charge in [0, 0.05) is 36.4 Å². The SMILES string of the molecule is C=CC(=O)Cc1cc(OC)cc(-c2nc(Nc3cccc(N4CCCCC4)c3)ncc2OC)c1. The number of hydrogen-bond acceptors (Lipinski definition) is 7. The Morgan fingerprint density at radius 2 is 1.94 bits per heavy atom. The Bertz CT molecular complexity index is 1170. The summed E-state index contributed by atoms with van der Waals surface area (Å²) in [4.78, 5) is 23.5. The summed E-state index contributed by atoms with van der Waals surface area (Å²) in [5.41, 5.74) is 4.31. The normalized spacial score (nSPS) is 13.3. The van der Waals surface area contributed by atoms with Crippen molar-refractivity contribution in [3.63, 3.8) is 0 Å². The molecule has 7 heteroatoms. The number of ether oxygens (including phenoxy) is 2. The van der Waals surface area contributed by atoms with Crippen molar-refractivity contribution >= 4 is 23.1 Å². The van der Waals surface area contributed by atoms with E-state index in [0.29, 0.717) is 23.1 Å². The number of hydrogen-bond donors (Lipinski definition) is 1. The molecule has 2 heterocycles. The minimum Gasteiger partial charge on any atom is -0.497 e. The predicted molar refractivity (Wildman–Crippen MR) is 135 cm³/mol. The van der Waals surface area contributed by atoms with E-state index in [0.717, 1.165) is 29.9 Å². The van der Waals surface area contributed by atoms with Crippen LogP contribution in [0.2, 0.25) is 0 Å². The number of rotatable bonds is 9. The molecule has 1 aliphatic heterocycles. The Morgan fingerprint density at radius 1 is 1.12 bits per heavy atom. The fourth-order valence-electron chi connectivity index (χ4n) is 4.14. The number of nitrogens with zero attached hydrogens (tertiary/aromatic N) is 3. The lowest BCUT2D eigenvalue weighted by atomic mass is 10.0. The molecule has 1 N–H and O–H groups in total. The standard InChI is InChI=1S/C27H30N4O3/c1-4-23(32)14-19-13-20(16-24(15-19)33-2)26-25(34-3)18-28-27(30-26)29-21-9-8-10-22(17-21)31-11-6-5-7-12-31/h4,8-10,13,15-18H,1,5-7,11-12,14H2,2-3H3,(H,28,29,30). The largest absolute Gasteiger partial charge is 0.497 e. The molecule has 0 unspecified atom stereocenters. The van der Waals surface area contributed by atoms with Crippen LogP contribution in [0.1, 0.15) is 24.8 Å². The first-order valence-corrected chi connectivity index (χ1v) is 11.5. The Morgan fingerprint density at radius 3 is 2.68 bits per heavy atom. The predicted octanol–water partition coefficient (Wildman–Crippen LogP) is 5.19. The Hall–Kier alpha value is -3.87. The highest BCUT2D eigenvalue weighted by Crippen LogP contribution is 2.33. The zero-order chi connectivity index (χ0) is 23.9. The summed E-state index contributed by atoms with van der Waals surface area (Å²) in [6.07, 6.45) is 6.95. The first-order valence-electron chi connectivity index (χ1n) is 11.5. The molecular formula is C27H30N4O3. The monoisotopic (exact) mass is 458 g/mol. The number of carbonyl (C=O) groups excluding carboxylic acids is 1. The molecule has 2 aromatic carbocycles. The number of nitrogens with one attached hydrogen (secondary N) is 1. The average Bonchev–Trinajstić information content (AvgIpc) is 2.89. The van der Waals surface area contributed by atoms with Gasteiger partial charge in [-0.3, -0.25) is 4.79 Å². The molecule has 0 spiro atoms. The Kier molecular flexibility index (Phi) is 7.42. The molecule has 0 bridgehead atoms. The Labute approximate surface area is 200 Å².